The van der Waals surface area contributed by atoms with E-state index in [9.17, 15) is 0 Å². The lowest BCUT2D eigenvalue weighted by Crippen LogP contribution is -1.97. The van der Waals surface area contributed by atoms with Crippen molar-refractivity contribution in [3.05, 3.63) is 194 Å². The SMILES string of the molecule is C=Cc1cccc(-c2cc(-c3cccc(-n4c5ccccc5c5ccccc54)c3)nc(-c3cccc(-n4c5ccccc5c5ccccc54)c3)c2)c1. The Bertz CT molecular complexity index is 2710. The summed E-state index contributed by atoms with van der Waals surface area (Å²) in [6.45, 7) is 4.03. The third kappa shape index (κ3) is 4.86. The number of fused-ring (bicyclic) bond motifs is 6. The van der Waals surface area contributed by atoms with Gasteiger partial charge in [-0.15, -0.1) is 0 Å². The minimum atomic E-state index is 0.918. The third-order valence-electron chi connectivity index (χ3n) is 10.2. The highest BCUT2D eigenvalue weighted by Crippen LogP contribution is 2.37. The first-order valence-corrected chi connectivity index (χ1v) is 17.7. The van der Waals surface area contributed by atoms with Crippen molar-refractivity contribution in [1.82, 2.24) is 14.1 Å². The smallest absolute Gasteiger partial charge is 0.0716 e. The molecule has 3 heteroatoms. The summed E-state index contributed by atoms with van der Waals surface area (Å²) < 4.78 is 4.73. The molecule has 0 radical (unpaired) electrons. The fourth-order valence-corrected chi connectivity index (χ4v) is 7.85. The zero-order chi connectivity index (χ0) is 34.6. The topological polar surface area (TPSA) is 22.8 Å². The van der Waals surface area contributed by atoms with Crippen LogP contribution < -0.4 is 0 Å². The molecule has 10 aromatic rings. The summed E-state index contributed by atoms with van der Waals surface area (Å²) >= 11 is 0. The van der Waals surface area contributed by atoms with Gasteiger partial charge in [0.15, 0.2) is 0 Å². The minimum absolute atomic E-state index is 0.918. The van der Waals surface area contributed by atoms with Crippen LogP contribution in [0.25, 0.3) is 94.7 Å². The first kappa shape index (κ1) is 29.9. The first-order valence-electron chi connectivity index (χ1n) is 17.7. The van der Waals surface area contributed by atoms with Gasteiger partial charge >= 0.3 is 0 Å². The first-order chi connectivity index (χ1) is 25.7. The second-order valence-corrected chi connectivity index (χ2v) is 13.3. The van der Waals surface area contributed by atoms with Crippen molar-refractivity contribution in [1.29, 1.82) is 0 Å². The Morgan fingerprint density at radius 3 is 1.21 bits per heavy atom. The van der Waals surface area contributed by atoms with Crippen LogP contribution in [0.15, 0.2) is 189 Å². The molecule has 0 amide bonds. The van der Waals surface area contributed by atoms with E-state index < -0.39 is 0 Å². The molecule has 0 aliphatic heterocycles. The van der Waals surface area contributed by atoms with E-state index in [1.165, 1.54) is 43.6 Å². The summed E-state index contributed by atoms with van der Waals surface area (Å²) in [4.78, 5) is 5.40. The number of para-hydroxylation sites is 4. The Hall–Kier alpha value is -6.97. The van der Waals surface area contributed by atoms with Gasteiger partial charge in [0, 0.05) is 44.0 Å². The van der Waals surface area contributed by atoms with Gasteiger partial charge in [-0.05, 0) is 83.4 Å². The van der Waals surface area contributed by atoms with Crippen LogP contribution in [0.5, 0.6) is 0 Å². The van der Waals surface area contributed by atoms with E-state index in [4.69, 9.17) is 4.98 Å². The van der Waals surface area contributed by atoms with Gasteiger partial charge in [-0.2, -0.15) is 0 Å². The van der Waals surface area contributed by atoms with Crippen LogP contribution in [0.1, 0.15) is 5.56 Å². The van der Waals surface area contributed by atoms with Crippen LogP contribution in [0.2, 0.25) is 0 Å². The molecule has 0 unspecified atom stereocenters. The number of aromatic nitrogens is 3. The number of rotatable bonds is 6. The number of benzene rings is 7. The van der Waals surface area contributed by atoms with Gasteiger partial charge in [-0.25, -0.2) is 4.98 Å². The number of hydrogen-bond acceptors (Lipinski definition) is 1. The minimum Gasteiger partial charge on any atom is -0.309 e. The molecule has 0 fully saturated rings. The summed E-state index contributed by atoms with van der Waals surface area (Å²) in [6, 6.07) is 65.1. The highest BCUT2D eigenvalue weighted by molar-refractivity contribution is 6.10. The average molecular weight is 664 g/mol. The predicted molar refractivity (Wildman–Crippen MR) is 219 cm³/mol. The monoisotopic (exact) mass is 663 g/mol. The lowest BCUT2D eigenvalue weighted by Gasteiger charge is -2.14. The molecule has 10 rings (SSSR count). The van der Waals surface area contributed by atoms with E-state index in [0.29, 0.717) is 0 Å². The maximum Gasteiger partial charge on any atom is 0.0716 e. The summed E-state index contributed by atoms with van der Waals surface area (Å²) in [5, 5.41) is 4.99. The van der Waals surface area contributed by atoms with Gasteiger partial charge in [0.1, 0.15) is 0 Å². The van der Waals surface area contributed by atoms with E-state index >= 15 is 0 Å². The van der Waals surface area contributed by atoms with E-state index in [0.717, 1.165) is 50.6 Å². The fraction of sp³-hybridized carbons (Fsp3) is 0. The van der Waals surface area contributed by atoms with Crippen LogP contribution in [-0.4, -0.2) is 14.1 Å². The molecule has 0 aliphatic rings. The van der Waals surface area contributed by atoms with Crippen molar-refractivity contribution in [2.75, 3.05) is 0 Å². The molecule has 0 saturated heterocycles. The van der Waals surface area contributed by atoms with Crippen LogP contribution in [-0.2, 0) is 0 Å². The van der Waals surface area contributed by atoms with Gasteiger partial charge in [0.05, 0.1) is 33.5 Å². The Balaban J connectivity index is 1.17. The molecule has 0 aliphatic carbocycles. The van der Waals surface area contributed by atoms with Crippen LogP contribution in [0, 0.1) is 0 Å². The standard InChI is InChI=1S/C49H33N3/c1-2-33-14-11-15-34(28-33)37-31-44(35-16-12-18-38(29-35)51-46-24-7-3-20-40(46)41-21-4-8-25-47(41)51)50-45(32-37)36-17-13-19-39(30-36)52-48-26-9-5-22-42(48)43-23-6-10-27-49(43)52/h2-32H,1H2. The molecule has 7 aromatic carbocycles. The zero-order valence-corrected chi connectivity index (χ0v) is 28.4. The zero-order valence-electron chi connectivity index (χ0n) is 28.4. The maximum atomic E-state index is 5.40. The molecule has 0 spiro atoms. The second-order valence-electron chi connectivity index (χ2n) is 13.3. The number of hydrogen-bond donors (Lipinski definition) is 0. The van der Waals surface area contributed by atoms with Gasteiger partial charge < -0.3 is 9.13 Å². The Morgan fingerprint density at radius 1 is 0.365 bits per heavy atom. The lowest BCUT2D eigenvalue weighted by molar-refractivity contribution is 1.17. The van der Waals surface area contributed by atoms with Gasteiger partial charge in [0.2, 0.25) is 0 Å². The predicted octanol–water partition coefficient (Wildman–Crippen LogP) is 12.9. The van der Waals surface area contributed by atoms with Gasteiger partial charge in [-0.3, -0.25) is 0 Å². The molecule has 0 saturated carbocycles. The van der Waals surface area contributed by atoms with Crippen molar-refractivity contribution in [3.8, 4) is 45.0 Å². The molecule has 3 aromatic heterocycles. The normalized spacial score (nSPS) is 11.5. The molecular formula is C49H33N3. The molecule has 3 heterocycles. The summed E-state index contributed by atoms with van der Waals surface area (Å²) in [7, 11) is 0. The van der Waals surface area contributed by atoms with Crippen molar-refractivity contribution < 1.29 is 0 Å². The summed E-state index contributed by atoms with van der Waals surface area (Å²) in [5.41, 5.74) is 14.2. The van der Waals surface area contributed by atoms with Crippen molar-refractivity contribution >= 4 is 49.7 Å². The van der Waals surface area contributed by atoms with E-state index in [-0.39, 0.29) is 0 Å². The average Bonchev–Trinajstić information content (AvgIpc) is 3.74. The number of nitrogens with zero attached hydrogens (tertiary/aromatic N) is 3. The molecule has 244 valence electrons. The second kappa shape index (κ2) is 12.1. The van der Waals surface area contributed by atoms with E-state index in [2.05, 4.69) is 198 Å². The Labute approximate surface area is 302 Å². The molecule has 3 nitrogen and oxygen atoms in total. The molecule has 52 heavy (non-hydrogen) atoms. The van der Waals surface area contributed by atoms with Crippen molar-refractivity contribution in [2.45, 2.75) is 0 Å². The van der Waals surface area contributed by atoms with Crippen LogP contribution in [0.3, 0.4) is 0 Å². The largest absolute Gasteiger partial charge is 0.309 e. The fourth-order valence-electron chi connectivity index (χ4n) is 7.85. The molecule has 0 atom stereocenters. The van der Waals surface area contributed by atoms with Crippen molar-refractivity contribution in [2.24, 2.45) is 0 Å². The van der Waals surface area contributed by atoms with Crippen molar-refractivity contribution in [3.63, 3.8) is 0 Å². The lowest BCUT2D eigenvalue weighted by atomic mass is 9.98. The maximum absolute atomic E-state index is 5.40. The molecule has 0 N–H and O–H groups in total. The van der Waals surface area contributed by atoms with Gasteiger partial charge in [0.25, 0.3) is 0 Å². The summed E-state index contributed by atoms with van der Waals surface area (Å²) in [5.74, 6) is 0. The van der Waals surface area contributed by atoms with Crippen LogP contribution >= 0.6 is 0 Å². The third-order valence-corrected chi connectivity index (χ3v) is 10.2. The van der Waals surface area contributed by atoms with Crippen LogP contribution in [0.4, 0.5) is 0 Å². The highest BCUT2D eigenvalue weighted by atomic mass is 15.0. The Morgan fingerprint density at radius 2 is 0.769 bits per heavy atom. The molecule has 0 bridgehead atoms. The quantitative estimate of drug-likeness (QED) is 0.174. The number of pyridine rings is 1. The summed E-state index contributed by atoms with van der Waals surface area (Å²) in [6.07, 6.45) is 1.90. The van der Waals surface area contributed by atoms with E-state index in [1.807, 2.05) is 6.08 Å². The molecular weight excluding hydrogens is 631 g/mol. The highest BCUT2D eigenvalue weighted by Gasteiger charge is 2.16. The van der Waals surface area contributed by atoms with E-state index in [1.54, 1.807) is 0 Å². The Kier molecular flexibility index (Phi) is 6.97. The van der Waals surface area contributed by atoms with Gasteiger partial charge in [-0.1, -0.05) is 128 Å².